The van der Waals surface area contributed by atoms with E-state index in [1.807, 2.05) is 12.1 Å². The maximum Gasteiger partial charge on any atom is 0.338 e. The van der Waals surface area contributed by atoms with Gasteiger partial charge in [0.25, 0.3) is 0 Å². The van der Waals surface area contributed by atoms with E-state index in [9.17, 15) is 9.59 Å². The Bertz CT molecular complexity index is 873. The van der Waals surface area contributed by atoms with Crippen molar-refractivity contribution >= 4 is 40.7 Å². The minimum absolute atomic E-state index is 0.150. The van der Waals surface area contributed by atoms with Crippen LogP contribution < -0.4 is 0 Å². The summed E-state index contributed by atoms with van der Waals surface area (Å²) in [6.07, 6.45) is 1.78. The highest BCUT2D eigenvalue weighted by atomic mass is 35.5. The molecule has 2 aromatic carbocycles. The smallest absolute Gasteiger partial charge is 0.338 e. The fourth-order valence-corrected chi connectivity index (χ4v) is 3.03. The monoisotopic (exact) mass is 376 g/mol. The van der Waals surface area contributed by atoms with Crippen molar-refractivity contribution in [2.45, 2.75) is 5.92 Å². The van der Waals surface area contributed by atoms with Crippen LogP contribution >= 0.6 is 23.2 Å². The number of esters is 2. The summed E-state index contributed by atoms with van der Waals surface area (Å²) in [5, 5.41) is 0.757. The third kappa shape index (κ3) is 3.55. The van der Waals surface area contributed by atoms with E-state index < -0.39 is 11.9 Å². The van der Waals surface area contributed by atoms with Crippen LogP contribution in [0.4, 0.5) is 0 Å². The van der Waals surface area contributed by atoms with Gasteiger partial charge in [0.1, 0.15) is 6.61 Å². The van der Waals surface area contributed by atoms with Gasteiger partial charge in [-0.15, -0.1) is 0 Å². The van der Waals surface area contributed by atoms with Gasteiger partial charge in [-0.25, -0.2) is 9.59 Å². The number of halogens is 2. The molecule has 1 aliphatic rings. The van der Waals surface area contributed by atoms with Gasteiger partial charge in [0, 0.05) is 5.92 Å². The van der Waals surface area contributed by atoms with Crippen molar-refractivity contribution < 1.29 is 19.1 Å². The number of carbonyl (C=O) groups is 2. The molecule has 0 saturated carbocycles. The molecule has 0 aromatic heterocycles. The second-order valence-corrected chi connectivity index (χ2v) is 6.31. The third-order valence-corrected chi connectivity index (χ3v) is 4.72. The maximum atomic E-state index is 12.2. The van der Waals surface area contributed by atoms with Gasteiger partial charge < -0.3 is 9.47 Å². The van der Waals surface area contributed by atoms with Crippen LogP contribution in [0.15, 0.2) is 48.5 Å². The van der Waals surface area contributed by atoms with Crippen molar-refractivity contribution in [3.05, 3.63) is 75.3 Å². The van der Waals surface area contributed by atoms with Gasteiger partial charge in [0.2, 0.25) is 0 Å². The Labute approximate surface area is 155 Å². The van der Waals surface area contributed by atoms with Crippen LogP contribution in [0.2, 0.25) is 10.0 Å². The first kappa shape index (κ1) is 17.5. The molecule has 1 aliphatic heterocycles. The lowest BCUT2D eigenvalue weighted by Crippen LogP contribution is -2.21. The number of hydrogen-bond acceptors (Lipinski definition) is 4. The highest BCUT2D eigenvalue weighted by Gasteiger charge is 2.27. The molecule has 4 nitrogen and oxygen atoms in total. The largest absolute Gasteiger partial charge is 0.465 e. The van der Waals surface area contributed by atoms with Gasteiger partial charge in [-0.2, -0.15) is 0 Å². The van der Waals surface area contributed by atoms with E-state index in [0.29, 0.717) is 26.7 Å². The van der Waals surface area contributed by atoms with Crippen molar-refractivity contribution in [2.24, 2.45) is 0 Å². The summed E-state index contributed by atoms with van der Waals surface area (Å²) in [5.74, 6) is -1.14. The van der Waals surface area contributed by atoms with Gasteiger partial charge >= 0.3 is 11.9 Å². The molecule has 0 bridgehead atoms. The van der Waals surface area contributed by atoms with Gasteiger partial charge in [-0.1, -0.05) is 53.5 Å². The first-order valence-electron chi connectivity index (χ1n) is 7.53. The van der Waals surface area contributed by atoms with Crippen LogP contribution in [-0.2, 0) is 14.3 Å². The molecule has 0 fully saturated rings. The molecule has 3 rings (SSSR count). The Hall–Kier alpha value is -2.30. The summed E-state index contributed by atoms with van der Waals surface area (Å²) >= 11 is 12.0. The average molecular weight is 377 g/mol. The molecule has 0 N–H and O–H groups in total. The van der Waals surface area contributed by atoms with Crippen molar-refractivity contribution in [1.82, 2.24) is 0 Å². The molecule has 0 spiro atoms. The SMILES string of the molecule is COC(=O)c1ccccc1C1C=C(c2ccc(Cl)c(Cl)c2)C(=O)OC1. The Morgan fingerprint density at radius 3 is 2.64 bits per heavy atom. The average Bonchev–Trinajstić information content (AvgIpc) is 2.64. The van der Waals surface area contributed by atoms with E-state index in [2.05, 4.69) is 0 Å². The van der Waals surface area contributed by atoms with Crippen molar-refractivity contribution in [3.8, 4) is 0 Å². The highest BCUT2D eigenvalue weighted by Crippen LogP contribution is 2.33. The highest BCUT2D eigenvalue weighted by molar-refractivity contribution is 6.42. The van der Waals surface area contributed by atoms with Crippen molar-refractivity contribution in [2.75, 3.05) is 13.7 Å². The molecule has 0 aliphatic carbocycles. The molecule has 6 heteroatoms. The topological polar surface area (TPSA) is 52.6 Å². The van der Waals surface area contributed by atoms with Crippen molar-refractivity contribution in [3.63, 3.8) is 0 Å². The predicted molar refractivity (Wildman–Crippen MR) is 95.9 cm³/mol. The lowest BCUT2D eigenvalue weighted by molar-refractivity contribution is -0.137. The summed E-state index contributed by atoms with van der Waals surface area (Å²) in [4.78, 5) is 24.2. The van der Waals surface area contributed by atoms with Crippen LogP contribution in [-0.4, -0.2) is 25.7 Å². The van der Waals surface area contributed by atoms with Crippen LogP contribution in [0.5, 0.6) is 0 Å². The quantitative estimate of drug-likeness (QED) is 0.739. The molecule has 0 radical (unpaired) electrons. The molecule has 1 atom stereocenters. The van der Waals surface area contributed by atoms with E-state index >= 15 is 0 Å². The first-order valence-corrected chi connectivity index (χ1v) is 8.28. The number of cyclic esters (lactones) is 1. The third-order valence-electron chi connectivity index (χ3n) is 3.98. The zero-order valence-corrected chi connectivity index (χ0v) is 14.8. The molecule has 25 heavy (non-hydrogen) atoms. The number of rotatable bonds is 3. The first-order chi connectivity index (χ1) is 12.0. The molecule has 128 valence electrons. The Morgan fingerprint density at radius 1 is 1.16 bits per heavy atom. The summed E-state index contributed by atoms with van der Waals surface area (Å²) in [6, 6.07) is 12.0. The second kappa shape index (κ2) is 7.30. The molecule has 1 heterocycles. The van der Waals surface area contributed by atoms with E-state index in [-0.39, 0.29) is 12.5 Å². The minimum atomic E-state index is -0.440. The lowest BCUT2D eigenvalue weighted by atomic mass is 9.89. The van der Waals surface area contributed by atoms with Crippen LogP contribution in [0.25, 0.3) is 5.57 Å². The fourth-order valence-electron chi connectivity index (χ4n) is 2.73. The summed E-state index contributed by atoms with van der Waals surface area (Å²) in [7, 11) is 1.33. The van der Waals surface area contributed by atoms with Gasteiger partial charge in [0.05, 0.1) is 28.3 Å². The van der Waals surface area contributed by atoms with Crippen molar-refractivity contribution in [1.29, 1.82) is 0 Å². The standard InChI is InChI=1S/C19H14Cl2O4/c1-24-18(22)14-5-3-2-4-13(14)12-8-15(19(23)25-10-12)11-6-7-16(20)17(21)9-11/h2-9,12H,10H2,1H3. The molecular formula is C19H14Cl2O4. The van der Waals surface area contributed by atoms with Crippen LogP contribution in [0.1, 0.15) is 27.4 Å². The molecular weight excluding hydrogens is 363 g/mol. The predicted octanol–water partition coefficient (Wildman–Crippen LogP) is 4.50. The fraction of sp³-hybridized carbons (Fsp3) is 0.158. The molecule has 2 aromatic rings. The minimum Gasteiger partial charge on any atom is -0.465 e. The van der Waals surface area contributed by atoms with E-state index in [0.717, 1.165) is 5.56 Å². The number of methoxy groups -OCH3 is 1. The van der Waals surface area contributed by atoms with E-state index in [1.54, 1.807) is 36.4 Å². The molecule has 1 unspecified atom stereocenters. The molecule has 0 saturated heterocycles. The summed E-state index contributed by atoms with van der Waals surface area (Å²) in [6.45, 7) is 0.150. The number of benzene rings is 2. The maximum absolute atomic E-state index is 12.2. The Balaban J connectivity index is 2.05. The second-order valence-electron chi connectivity index (χ2n) is 5.49. The van der Waals surface area contributed by atoms with Crippen LogP contribution in [0.3, 0.4) is 0 Å². The van der Waals surface area contributed by atoms with Gasteiger partial charge in [0.15, 0.2) is 0 Å². The normalized spacial score (nSPS) is 16.8. The van der Waals surface area contributed by atoms with Gasteiger partial charge in [-0.05, 0) is 29.3 Å². The molecule has 0 amide bonds. The lowest BCUT2D eigenvalue weighted by Gasteiger charge is -2.23. The Morgan fingerprint density at radius 2 is 1.92 bits per heavy atom. The number of ether oxygens (including phenoxy) is 2. The number of carbonyl (C=O) groups excluding carboxylic acids is 2. The van der Waals surface area contributed by atoms with E-state index in [4.69, 9.17) is 32.7 Å². The zero-order valence-electron chi connectivity index (χ0n) is 13.3. The summed E-state index contributed by atoms with van der Waals surface area (Å²) in [5.41, 5.74) is 2.17. The van der Waals surface area contributed by atoms with Crippen LogP contribution in [0, 0.1) is 0 Å². The number of hydrogen-bond donors (Lipinski definition) is 0. The van der Waals surface area contributed by atoms with Gasteiger partial charge in [-0.3, -0.25) is 0 Å². The van der Waals surface area contributed by atoms with E-state index in [1.165, 1.54) is 7.11 Å². The summed E-state index contributed by atoms with van der Waals surface area (Å²) < 4.78 is 10.1. The Kier molecular flexibility index (Phi) is 5.11. The zero-order chi connectivity index (χ0) is 18.0.